The molecule has 0 atom stereocenters. The molecule has 0 bridgehead atoms. The van der Waals surface area contributed by atoms with Crippen molar-refractivity contribution in [2.45, 2.75) is 328 Å². The Morgan fingerprint density at radius 2 is 0.417 bits per heavy atom. The Kier molecular flexibility index (Phi) is 55.8. The number of carboxylic acids is 1. The summed E-state index contributed by atoms with van der Waals surface area (Å²) >= 11 is 0. The van der Waals surface area contributed by atoms with Gasteiger partial charge in [-0.15, -0.1) is 0 Å². The van der Waals surface area contributed by atoms with E-state index in [-0.39, 0.29) is 0 Å². The molecule has 0 aliphatic heterocycles. The fourth-order valence-corrected chi connectivity index (χ4v) is 9.22. The number of nitrogens with one attached hydrogen (secondary N) is 2. The van der Waals surface area contributed by atoms with Crippen LogP contribution in [-0.2, 0) is 4.79 Å². The van der Waals surface area contributed by atoms with Crippen LogP contribution in [0, 0.1) is 0 Å². The second-order valence-corrected chi connectivity index (χ2v) is 19.6. The average Bonchev–Trinajstić information content (AvgIpc) is 3.25. The van der Waals surface area contributed by atoms with Crippen LogP contribution in [-0.4, -0.2) is 37.3 Å². The molecule has 0 aromatic heterocycles. The van der Waals surface area contributed by atoms with E-state index in [1.54, 1.807) is 0 Å². The van der Waals surface area contributed by atoms with Crippen molar-refractivity contribution in [3.8, 4) is 0 Å². The lowest BCUT2D eigenvalue weighted by Gasteiger charge is -2.07. The molecule has 0 saturated heterocycles. The van der Waals surface area contributed by atoms with Crippen molar-refractivity contribution in [3.63, 3.8) is 0 Å². The number of aliphatic carboxylic acids is 1. The molecule has 0 aromatic rings. The lowest BCUT2D eigenvalue weighted by molar-refractivity contribution is -0.137. The van der Waals surface area contributed by atoms with Gasteiger partial charge in [0.25, 0.3) is 0 Å². The van der Waals surface area contributed by atoms with Gasteiger partial charge in [0.15, 0.2) is 0 Å². The Morgan fingerprint density at radius 3 is 0.617 bits per heavy atom. The predicted molar refractivity (Wildman–Crippen MR) is 270 cm³/mol. The minimum Gasteiger partial charge on any atom is -0.481 e. The Labute approximate surface area is 379 Å². The lowest BCUT2D eigenvalue weighted by Crippen LogP contribution is -2.23. The van der Waals surface area contributed by atoms with Gasteiger partial charge in [-0.2, -0.15) is 0 Å². The van der Waals surface area contributed by atoms with Gasteiger partial charge in [-0.25, -0.2) is 0 Å². The van der Waals surface area contributed by atoms with Crippen molar-refractivity contribution in [3.05, 3.63) is 0 Å². The first kappa shape index (κ1) is 59.4. The highest BCUT2D eigenvalue weighted by Crippen LogP contribution is 2.18. The fourth-order valence-electron chi connectivity index (χ4n) is 9.22. The summed E-state index contributed by atoms with van der Waals surface area (Å²) in [6.07, 6.45) is 69.8. The molecule has 60 heavy (non-hydrogen) atoms. The summed E-state index contributed by atoms with van der Waals surface area (Å²) < 4.78 is 0. The summed E-state index contributed by atoms with van der Waals surface area (Å²) in [6.45, 7) is 7.04. The molecule has 0 saturated carbocycles. The number of carbonyl (C=O) groups is 1. The van der Waals surface area contributed by atoms with Gasteiger partial charge >= 0.3 is 5.97 Å². The average molecular weight is 848 g/mol. The molecule has 3 N–H and O–H groups in total. The summed E-state index contributed by atoms with van der Waals surface area (Å²) in [5.41, 5.74) is 0. The summed E-state index contributed by atoms with van der Waals surface area (Å²) in [4.78, 5) is 10.5. The summed E-state index contributed by atoms with van der Waals surface area (Å²) in [5.74, 6) is -0.650. The van der Waals surface area contributed by atoms with Crippen LogP contribution in [0.4, 0.5) is 0 Å². The SMILES string of the molecule is CCCCCCCCCCCCCCCCCCCCCCCCCCCCCCCCCCCNCCCNCCCCCCCCCCCCCCCCCC(=O)O. The zero-order valence-corrected chi connectivity index (χ0v) is 41.5. The number of hydrogen-bond donors (Lipinski definition) is 3. The van der Waals surface area contributed by atoms with Crippen molar-refractivity contribution in [1.29, 1.82) is 0 Å². The molecule has 0 aliphatic rings. The highest BCUT2D eigenvalue weighted by Gasteiger charge is 2.00. The van der Waals surface area contributed by atoms with Gasteiger partial charge in [0.05, 0.1) is 0 Å². The van der Waals surface area contributed by atoms with Gasteiger partial charge in [-0.3, -0.25) is 4.79 Å². The van der Waals surface area contributed by atoms with Crippen LogP contribution in [0.3, 0.4) is 0 Å². The summed E-state index contributed by atoms with van der Waals surface area (Å²) in [5, 5.41) is 16.0. The third-order valence-electron chi connectivity index (χ3n) is 13.4. The first-order valence-corrected chi connectivity index (χ1v) is 28.4. The van der Waals surface area contributed by atoms with E-state index in [1.807, 2.05) is 0 Å². The standard InChI is InChI=1S/C56H114N2O2/c1-2-3-4-5-6-7-8-9-10-11-12-13-14-15-16-17-18-19-20-21-22-23-24-25-26-27-30-33-36-39-42-45-48-52-57-54-50-55-58-53-49-46-43-40-37-34-31-28-29-32-35-38-41-44-47-51-56(59)60/h57-58H,2-55H2,1H3,(H,59,60). The molecule has 0 aromatic carbocycles. The molecule has 4 nitrogen and oxygen atoms in total. The Bertz CT molecular complexity index is 760. The van der Waals surface area contributed by atoms with E-state index in [4.69, 9.17) is 5.11 Å². The van der Waals surface area contributed by atoms with E-state index >= 15 is 0 Å². The van der Waals surface area contributed by atoms with Crippen LogP contribution < -0.4 is 10.6 Å². The van der Waals surface area contributed by atoms with Crippen LogP contribution >= 0.6 is 0 Å². The van der Waals surface area contributed by atoms with Crippen molar-refractivity contribution >= 4 is 5.97 Å². The highest BCUT2D eigenvalue weighted by molar-refractivity contribution is 5.66. The Hall–Kier alpha value is -0.610. The maximum absolute atomic E-state index is 10.5. The predicted octanol–water partition coefficient (Wildman–Crippen LogP) is 18.8. The van der Waals surface area contributed by atoms with Crippen LogP contribution in [0.25, 0.3) is 0 Å². The van der Waals surface area contributed by atoms with Gasteiger partial charge in [0, 0.05) is 6.42 Å². The van der Waals surface area contributed by atoms with Crippen molar-refractivity contribution in [1.82, 2.24) is 10.6 Å². The molecule has 0 unspecified atom stereocenters. The molecular weight excluding hydrogens is 733 g/mol. The molecule has 0 fully saturated rings. The molecular formula is C56H114N2O2. The molecule has 0 spiro atoms. The number of unbranched alkanes of at least 4 members (excludes halogenated alkanes) is 46. The van der Waals surface area contributed by atoms with E-state index < -0.39 is 5.97 Å². The van der Waals surface area contributed by atoms with E-state index in [9.17, 15) is 4.79 Å². The summed E-state index contributed by atoms with van der Waals surface area (Å²) in [7, 11) is 0. The molecule has 360 valence electrons. The van der Waals surface area contributed by atoms with Crippen molar-refractivity contribution in [2.24, 2.45) is 0 Å². The minimum atomic E-state index is -0.650. The number of rotatable bonds is 56. The van der Waals surface area contributed by atoms with E-state index in [2.05, 4.69) is 17.6 Å². The van der Waals surface area contributed by atoms with E-state index in [1.165, 1.54) is 321 Å². The van der Waals surface area contributed by atoms with Crippen LogP contribution in [0.5, 0.6) is 0 Å². The van der Waals surface area contributed by atoms with E-state index in [0.29, 0.717) is 6.42 Å². The fraction of sp³-hybridized carbons (Fsp3) is 0.982. The van der Waals surface area contributed by atoms with Gasteiger partial charge in [-0.1, -0.05) is 296 Å². The Morgan fingerprint density at radius 1 is 0.250 bits per heavy atom. The van der Waals surface area contributed by atoms with Crippen LogP contribution in [0.1, 0.15) is 328 Å². The van der Waals surface area contributed by atoms with Crippen LogP contribution in [0.2, 0.25) is 0 Å². The minimum absolute atomic E-state index is 0.342. The first-order chi connectivity index (χ1) is 29.8. The largest absolute Gasteiger partial charge is 0.481 e. The molecule has 0 heterocycles. The zero-order chi connectivity index (χ0) is 43.2. The first-order valence-electron chi connectivity index (χ1n) is 28.4. The maximum Gasteiger partial charge on any atom is 0.303 e. The second-order valence-electron chi connectivity index (χ2n) is 19.6. The molecule has 0 rings (SSSR count). The van der Waals surface area contributed by atoms with Crippen molar-refractivity contribution < 1.29 is 9.90 Å². The van der Waals surface area contributed by atoms with Gasteiger partial charge < -0.3 is 15.7 Å². The van der Waals surface area contributed by atoms with Crippen LogP contribution in [0.15, 0.2) is 0 Å². The monoisotopic (exact) mass is 847 g/mol. The lowest BCUT2D eigenvalue weighted by atomic mass is 10.0. The van der Waals surface area contributed by atoms with Gasteiger partial charge in [-0.05, 0) is 51.9 Å². The molecule has 0 radical (unpaired) electrons. The normalized spacial score (nSPS) is 11.6. The topological polar surface area (TPSA) is 61.4 Å². The molecule has 0 amide bonds. The molecule has 4 heteroatoms. The van der Waals surface area contributed by atoms with Crippen molar-refractivity contribution in [2.75, 3.05) is 26.2 Å². The number of carboxylic acid groups (broad SMARTS) is 1. The summed E-state index contributed by atoms with van der Waals surface area (Å²) in [6, 6.07) is 0. The number of hydrogen-bond acceptors (Lipinski definition) is 3. The smallest absolute Gasteiger partial charge is 0.303 e. The highest BCUT2D eigenvalue weighted by atomic mass is 16.4. The third kappa shape index (κ3) is 57.4. The third-order valence-corrected chi connectivity index (χ3v) is 13.4. The quantitative estimate of drug-likeness (QED) is 0.0534. The zero-order valence-electron chi connectivity index (χ0n) is 41.5. The second kappa shape index (κ2) is 56.4. The van der Waals surface area contributed by atoms with E-state index in [0.717, 1.165) is 19.4 Å². The van der Waals surface area contributed by atoms with Gasteiger partial charge in [0.2, 0.25) is 0 Å². The molecule has 0 aliphatic carbocycles. The Balaban J connectivity index is 3.06. The van der Waals surface area contributed by atoms with Gasteiger partial charge in [0.1, 0.15) is 0 Å². The maximum atomic E-state index is 10.5.